The molecule has 0 unspecified atom stereocenters. The van der Waals surface area contributed by atoms with E-state index >= 15 is 0 Å². The van der Waals surface area contributed by atoms with Crippen molar-refractivity contribution in [1.29, 1.82) is 0 Å². The summed E-state index contributed by atoms with van der Waals surface area (Å²) in [4.78, 5) is 0. The quantitative estimate of drug-likeness (QED) is 0.471. The van der Waals surface area contributed by atoms with Crippen LogP contribution in [-0.2, 0) is 0 Å². The third-order valence-corrected chi connectivity index (χ3v) is 3.33. The zero-order chi connectivity index (χ0) is 7.23. The molecule has 0 aliphatic heterocycles. The Labute approximate surface area is 65.8 Å². The first-order valence-corrected chi connectivity index (χ1v) is 5.72. The highest BCUT2D eigenvalue weighted by atomic mass is 31.1. The van der Waals surface area contributed by atoms with Gasteiger partial charge in [0.05, 0.1) is 0 Å². The van der Waals surface area contributed by atoms with Gasteiger partial charge in [-0.05, 0) is 37.6 Å². The van der Waals surface area contributed by atoms with Gasteiger partial charge in [0.25, 0.3) is 0 Å². The summed E-state index contributed by atoms with van der Waals surface area (Å²) in [6.45, 7) is 2.27. The topological polar surface area (TPSA) is 0 Å². The van der Waals surface area contributed by atoms with Gasteiger partial charge in [-0.2, -0.15) is 0 Å². The smallest absolute Gasteiger partial charge is 0.0224 e. The Morgan fingerprint density at radius 3 is 1.90 bits per heavy atom. The molecule has 0 atom stereocenters. The number of hydrogen-bond acceptors (Lipinski definition) is 0. The van der Waals surface area contributed by atoms with Crippen molar-refractivity contribution in [3.05, 3.63) is 0 Å². The molecule has 0 bridgehead atoms. The fourth-order valence-electron chi connectivity index (χ4n) is 1.54. The van der Waals surface area contributed by atoms with Gasteiger partial charge in [-0.3, -0.25) is 0 Å². The van der Waals surface area contributed by atoms with E-state index < -0.39 is 0 Å². The molecule has 10 heavy (non-hydrogen) atoms. The third-order valence-electron chi connectivity index (χ3n) is 2.25. The molecule has 1 rings (SSSR count). The fraction of sp³-hybridized carbons (Fsp3) is 0.889. The zero-order valence-electron chi connectivity index (χ0n) is 6.90. The largest absolute Gasteiger partial charge is 0.109 e. The van der Waals surface area contributed by atoms with Crippen molar-refractivity contribution in [2.75, 3.05) is 6.66 Å². The van der Waals surface area contributed by atoms with Crippen molar-refractivity contribution >= 4 is 13.5 Å². The van der Waals surface area contributed by atoms with Gasteiger partial charge in [-0.15, -0.1) is 8.20 Å². The van der Waals surface area contributed by atoms with Crippen LogP contribution in [0.15, 0.2) is 0 Å². The molecule has 0 aromatic heterocycles. The van der Waals surface area contributed by atoms with Crippen LogP contribution in [0.3, 0.4) is 0 Å². The molecule has 58 valence electrons. The second kappa shape index (κ2) is 4.91. The first kappa shape index (κ1) is 8.27. The second-order valence-electron chi connectivity index (χ2n) is 3.06. The minimum atomic E-state index is 1.41. The van der Waals surface area contributed by atoms with E-state index in [9.17, 15) is 0 Å². The summed E-state index contributed by atoms with van der Waals surface area (Å²) in [7, 11) is 1.55. The Balaban J connectivity index is 2.30. The maximum absolute atomic E-state index is 2.27. The second-order valence-corrected chi connectivity index (χ2v) is 4.14. The van der Waals surface area contributed by atoms with E-state index in [1.165, 1.54) is 44.9 Å². The van der Waals surface area contributed by atoms with Gasteiger partial charge < -0.3 is 0 Å². The Kier molecular flexibility index (Phi) is 4.06. The molecule has 1 aliphatic rings. The van der Waals surface area contributed by atoms with Crippen molar-refractivity contribution < 1.29 is 0 Å². The Morgan fingerprint density at radius 2 is 1.40 bits per heavy atom. The molecule has 0 N–H and O–H groups in total. The maximum Gasteiger partial charge on any atom is -0.0224 e. The van der Waals surface area contributed by atoms with Gasteiger partial charge in [0.1, 0.15) is 0 Å². The van der Waals surface area contributed by atoms with Gasteiger partial charge >= 0.3 is 0 Å². The predicted molar refractivity (Wildman–Crippen MR) is 50.2 cm³/mol. The van der Waals surface area contributed by atoms with Gasteiger partial charge in [-0.1, -0.05) is 19.3 Å². The van der Waals surface area contributed by atoms with Crippen molar-refractivity contribution in [1.82, 2.24) is 0 Å². The first-order valence-electron chi connectivity index (χ1n) is 4.38. The van der Waals surface area contributed by atoms with Crippen LogP contribution in [0.25, 0.3) is 0 Å². The molecule has 1 fully saturated rings. The van der Waals surface area contributed by atoms with E-state index in [0.717, 1.165) is 0 Å². The van der Waals surface area contributed by atoms with Gasteiger partial charge in [0.2, 0.25) is 0 Å². The molecule has 1 aliphatic carbocycles. The molecule has 0 spiro atoms. The standard InChI is InChI=1S/C9H17P/c1-10-9-7-5-3-2-4-6-8-9/h2-8H2,1H3. The molecule has 0 amide bonds. The van der Waals surface area contributed by atoms with E-state index in [2.05, 4.69) is 6.66 Å². The van der Waals surface area contributed by atoms with Crippen LogP contribution in [0.2, 0.25) is 0 Å². The molecule has 0 heterocycles. The van der Waals surface area contributed by atoms with Crippen molar-refractivity contribution in [3.8, 4) is 0 Å². The summed E-state index contributed by atoms with van der Waals surface area (Å²) >= 11 is 0. The predicted octanol–water partition coefficient (Wildman–Crippen LogP) is 3.48. The number of rotatable bonds is 0. The first-order chi connectivity index (χ1) is 4.93. The highest BCUT2D eigenvalue weighted by Gasteiger charge is 2.01. The van der Waals surface area contributed by atoms with Crippen LogP contribution in [-0.4, -0.2) is 12.0 Å². The van der Waals surface area contributed by atoms with Crippen LogP contribution in [0.5, 0.6) is 0 Å². The van der Waals surface area contributed by atoms with Gasteiger partial charge in [-0.25, -0.2) is 0 Å². The summed E-state index contributed by atoms with van der Waals surface area (Å²) in [5.41, 5.74) is 0. The molecular formula is C9H17P. The monoisotopic (exact) mass is 156 g/mol. The average Bonchev–Trinajstić information content (AvgIpc) is 1.87. The SMILES string of the molecule is CP=C1CCCCCCC1. The van der Waals surface area contributed by atoms with Crippen LogP contribution >= 0.6 is 8.20 Å². The molecule has 0 radical (unpaired) electrons. The van der Waals surface area contributed by atoms with Crippen LogP contribution in [0.4, 0.5) is 0 Å². The molecule has 0 saturated heterocycles. The highest BCUT2D eigenvalue weighted by molar-refractivity contribution is 7.39. The van der Waals surface area contributed by atoms with E-state index in [-0.39, 0.29) is 0 Å². The van der Waals surface area contributed by atoms with E-state index in [0.29, 0.717) is 0 Å². The normalized spacial score (nSPS) is 22.3. The number of hydrogen-bond donors (Lipinski definition) is 0. The van der Waals surface area contributed by atoms with E-state index in [4.69, 9.17) is 0 Å². The minimum absolute atomic E-state index is 1.41. The molecule has 0 nitrogen and oxygen atoms in total. The average molecular weight is 156 g/mol. The highest BCUT2D eigenvalue weighted by Crippen LogP contribution is 2.17. The molecule has 1 heteroatoms. The fourth-order valence-corrected chi connectivity index (χ4v) is 2.30. The lowest BCUT2D eigenvalue weighted by atomic mass is 10.0. The van der Waals surface area contributed by atoms with E-state index in [1.54, 1.807) is 13.5 Å². The molecule has 0 aromatic carbocycles. The molecule has 0 aromatic rings. The van der Waals surface area contributed by atoms with Gasteiger partial charge in [0, 0.05) is 0 Å². The lowest BCUT2D eigenvalue weighted by Gasteiger charge is -2.09. The molecular weight excluding hydrogens is 139 g/mol. The summed E-state index contributed by atoms with van der Waals surface area (Å²) in [5.74, 6) is 0. The van der Waals surface area contributed by atoms with Crippen molar-refractivity contribution in [3.63, 3.8) is 0 Å². The Bertz CT molecular complexity index is 106. The maximum atomic E-state index is 2.27. The third kappa shape index (κ3) is 2.84. The van der Waals surface area contributed by atoms with Crippen molar-refractivity contribution in [2.24, 2.45) is 0 Å². The van der Waals surface area contributed by atoms with Gasteiger partial charge in [0.15, 0.2) is 0 Å². The summed E-state index contributed by atoms with van der Waals surface area (Å²) < 4.78 is 0. The van der Waals surface area contributed by atoms with Crippen LogP contribution < -0.4 is 0 Å². The van der Waals surface area contributed by atoms with Crippen LogP contribution in [0, 0.1) is 0 Å². The Morgan fingerprint density at radius 1 is 0.900 bits per heavy atom. The zero-order valence-corrected chi connectivity index (χ0v) is 7.79. The molecule has 1 saturated carbocycles. The Hall–Kier alpha value is 0.170. The summed E-state index contributed by atoms with van der Waals surface area (Å²) in [6.07, 6.45) is 10.2. The van der Waals surface area contributed by atoms with Crippen molar-refractivity contribution in [2.45, 2.75) is 44.9 Å². The summed E-state index contributed by atoms with van der Waals surface area (Å²) in [5, 5.41) is 1.79. The van der Waals surface area contributed by atoms with Crippen LogP contribution in [0.1, 0.15) is 44.9 Å². The van der Waals surface area contributed by atoms with E-state index in [1.807, 2.05) is 0 Å². The summed E-state index contributed by atoms with van der Waals surface area (Å²) in [6, 6.07) is 0. The lowest BCUT2D eigenvalue weighted by molar-refractivity contribution is 0.610. The minimum Gasteiger partial charge on any atom is -0.109 e. The lowest BCUT2D eigenvalue weighted by Crippen LogP contribution is -1.98.